The zero-order chi connectivity index (χ0) is 20.7. The summed E-state index contributed by atoms with van der Waals surface area (Å²) in [6, 6.07) is 29.4. The van der Waals surface area contributed by atoms with Crippen LogP contribution in [0.2, 0.25) is 0 Å². The third-order valence-corrected chi connectivity index (χ3v) is 8.79. The third kappa shape index (κ3) is 2.36. The van der Waals surface area contributed by atoms with Gasteiger partial charge in [0.25, 0.3) is 0 Å². The van der Waals surface area contributed by atoms with E-state index in [0.29, 0.717) is 0 Å². The molecule has 1 nitrogen and oxygen atoms in total. The lowest BCUT2D eigenvalue weighted by Crippen LogP contribution is -1.88. The van der Waals surface area contributed by atoms with Gasteiger partial charge in [-0.1, -0.05) is 54.6 Å². The highest BCUT2D eigenvalue weighted by Crippen LogP contribution is 2.42. The Kier molecular flexibility index (Phi) is 3.50. The molecule has 4 aromatic carbocycles. The van der Waals surface area contributed by atoms with Crippen molar-refractivity contribution in [3.8, 4) is 10.4 Å². The Balaban J connectivity index is 1.58. The summed E-state index contributed by atoms with van der Waals surface area (Å²) >= 11 is 3.77. The third-order valence-electron chi connectivity index (χ3n) is 6.52. The average Bonchev–Trinajstić information content (AvgIpc) is 3.48. The molecule has 7 rings (SSSR count). The molecule has 3 heterocycles. The van der Waals surface area contributed by atoms with E-state index >= 15 is 0 Å². The lowest BCUT2D eigenvalue weighted by Gasteiger charge is -2.05. The average molecular weight is 434 g/mol. The zero-order valence-corrected chi connectivity index (χ0v) is 18.9. The molecule has 0 aliphatic rings. The van der Waals surface area contributed by atoms with E-state index in [1.165, 1.54) is 68.1 Å². The van der Waals surface area contributed by atoms with E-state index < -0.39 is 0 Å². The predicted molar refractivity (Wildman–Crippen MR) is 139 cm³/mol. The van der Waals surface area contributed by atoms with Gasteiger partial charge < -0.3 is 4.57 Å². The second-order valence-electron chi connectivity index (χ2n) is 8.30. The van der Waals surface area contributed by atoms with Crippen LogP contribution in [0.4, 0.5) is 0 Å². The maximum atomic E-state index is 2.39. The van der Waals surface area contributed by atoms with E-state index in [0.717, 1.165) is 0 Å². The molecule has 0 fully saturated rings. The molecule has 3 heteroatoms. The molecule has 0 radical (unpaired) electrons. The van der Waals surface area contributed by atoms with Gasteiger partial charge in [0.2, 0.25) is 0 Å². The normalized spacial score (nSPS) is 12.2. The summed E-state index contributed by atoms with van der Waals surface area (Å²) in [5, 5.41) is 8.07. The van der Waals surface area contributed by atoms with Gasteiger partial charge in [0.15, 0.2) is 0 Å². The van der Waals surface area contributed by atoms with Crippen molar-refractivity contribution in [3.63, 3.8) is 0 Å². The van der Waals surface area contributed by atoms with E-state index in [-0.39, 0.29) is 0 Å². The molecule has 148 valence electrons. The number of nitrogens with zero attached hydrogens (tertiary/aromatic N) is 1. The van der Waals surface area contributed by atoms with E-state index in [1.54, 1.807) is 0 Å². The zero-order valence-electron chi connectivity index (χ0n) is 17.3. The van der Waals surface area contributed by atoms with Crippen LogP contribution in [0.1, 0.15) is 4.88 Å². The maximum Gasteiger partial charge on any atom is 0.0568 e. The molecule has 7 aromatic rings. The minimum atomic E-state index is 1.29. The summed E-state index contributed by atoms with van der Waals surface area (Å²) < 4.78 is 5.13. The van der Waals surface area contributed by atoms with Crippen LogP contribution in [0.5, 0.6) is 0 Å². The monoisotopic (exact) mass is 433 g/mol. The van der Waals surface area contributed by atoms with Gasteiger partial charge in [0.05, 0.1) is 5.52 Å². The van der Waals surface area contributed by atoms with Crippen LogP contribution in [0.3, 0.4) is 0 Å². The highest BCUT2D eigenvalue weighted by molar-refractivity contribution is 7.26. The number of hydrogen-bond acceptors (Lipinski definition) is 2. The van der Waals surface area contributed by atoms with Crippen molar-refractivity contribution < 1.29 is 0 Å². The van der Waals surface area contributed by atoms with Crippen LogP contribution in [-0.2, 0) is 7.05 Å². The number of aromatic nitrogens is 1. The van der Waals surface area contributed by atoms with E-state index in [1.807, 2.05) is 22.7 Å². The Bertz CT molecular complexity index is 1810. The number of hydrogen-bond donors (Lipinski definition) is 0. The van der Waals surface area contributed by atoms with Crippen LogP contribution in [0.25, 0.3) is 63.2 Å². The number of benzene rings is 4. The van der Waals surface area contributed by atoms with Gasteiger partial charge in [-0.3, -0.25) is 0 Å². The molecule has 0 bridgehead atoms. The second kappa shape index (κ2) is 6.19. The highest BCUT2D eigenvalue weighted by Gasteiger charge is 2.15. The summed E-state index contributed by atoms with van der Waals surface area (Å²) in [7, 11) is 2.21. The predicted octanol–water partition coefficient (Wildman–Crippen LogP) is 8.89. The van der Waals surface area contributed by atoms with Crippen molar-refractivity contribution in [1.29, 1.82) is 0 Å². The molecule has 0 N–H and O–H groups in total. The Labute approximate surface area is 187 Å². The lowest BCUT2D eigenvalue weighted by molar-refractivity contribution is 1.02. The fourth-order valence-electron chi connectivity index (χ4n) is 5.05. The number of thiophene rings is 2. The highest BCUT2D eigenvalue weighted by atomic mass is 32.1. The first-order valence-electron chi connectivity index (χ1n) is 10.5. The summed E-state index contributed by atoms with van der Waals surface area (Å²) in [6.45, 7) is 2.17. The largest absolute Gasteiger partial charge is 0.343 e. The minimum Gasteiger partial charge on any atom is -0.343 e. The van der Waals surface area contributed by atoms with Crippen molar-refractivity contribution in [2.75, 3.05) is 0 Å². The molecule has 0 spiro atoms. The van der Waals surface area contributed by atoms with Crippen LogP contribution in [-0.4, -0.2) is 4.57 Å². The summed E-state index contributed by atoms with van der Waals surface area (Å²) in [5.74, 6) is 0. The van der Waals surface area contributed by atoms with Gasteiger partial charge >= 0.3 is 0 Å². The molecule has 0 aliphatic carbocycles. The van der Waals surface area contributed by atoms with Gasteiger partial charge in [0, 0.05) is 64.0 Å². The van der Waals surface area contributed by atoms with Gasteiger partial charge in [-0.15, -0.1) is 22.7 Å². The van der Waals surface area contributed by atoms with Gasteiger partial charge in [-0.2, -0.15) is 0 Å². The van der Waals surface area contributed by atoms with E-state index in [9.17, 15) is 0 Å². The first-order chi connectivity index (χ1) is 15.2. The van der Waals surface area contributed by atoms with Crippen LogP contribution in [0.15, 0.2) is 78.9 Å². The Hall–Kier alpha value is -3.14. The summed E-state index contributed by atoms with van der Waals surface area (Å²) in [6.07, 6.45) is 0. The molecular weight excluding hydrogens is 414 g/mol. The second-order valence-corrected chi connectivity index (χ2v) is 10.6. The Morgan fingerprint density at radius 2 is 1.35 bits per heavy atom. The molecular formula is C28H19NS2. The van der Waals surface area contributed by atoms with Crippen LogP contribution < -0.4 is 0 Å². The van der Waals surface area contributed by atoms with Crippen molar-refractivity contribution in [2.45, 2.75) is 6.92 Å². The van der Waals surface area contributed by atoms with Gasteiger partial charge in [-0.05, 0) is 36.8 Å². The molecule has 0 saturated carbocycles. The molecule has 0 saturated heterocycles. The molecule has 0 unspecified atom stereocenters. The molecule has 0 amide bonds. The maximum absolute atomic E-state index is 2.39. The number of rotatable bonds is 1. The van der Waals surface area contributed by atoms with Crippen molar-refractivity contribution >= 4 is 75.4 Å². The smallest absolute Gasteiger partial charge is 0.0568 e. The minimum absolute atomic E-state index is 1.29. The van der Waals surface area contributed by atoms with E-state index in [2.05, 4.69) is 97.4 Å². The first-order valence-corrected chi connectivity index (χ1v) is 12.1. The fraction of sp³-hybridized carbons (Fsp3) is 0.0714. The van der Waals surface area contributed by atoms with Gasteiger partial charge in [-0.25, -0.2) is 0 Å². The number of fused-ring (bicyclic) bond motifs is 9. The Morgan fingerprint density at radius 3 is 2.16 bits per heavy atom. The molecule has 31 heavy (non-hydrogen) atoms. The van der Waals surface area contributed by atoms with E-state index in [4.69, 9.17) is 0 Å². The molecule has 0 aliphatic heterocycles. The standard InChI is InChI=1S/C28H19NS2/c1-16-7-14-25(30-16)17-8-9-18-20-10-13-23-21(27(20)29(2)24(18)15-17)11-12-22-19-5-3-4-6-26(19)31-28(22)23/h3-15H,1-2H3. The first kappa shape index (κ1) is 17.5. The topological polar surface area (TPSA) is 4.93 Å². The SMILES string of the molecule is Cc1ccc(-c2ccc3c4ccc5c(ccc6c7ccccc7sc65)c4n(C)c3c2)s1. The quantitative estimate of drug-likeness (QED) is 0.244. The van der Waals surface area contributed by atoms with Crippen LogP contribution >= 0.6 is 22.7 Å². The fourth-order valence-corrected chi connectivity index (χ4v) is 7.15. The summed E-state index contributed by atoms with van der Waals surface area (Å²) in [5.41, 5.74) is 3.92. The van der Waals surface area contributed by atoms with Crippen molar-refractivity contribution in [1.82, 2.24) is 4.57 Å². The summed E-state index contributed by atoms with van der Waals surface area (Å²) in [4.78, 5) is 2.69. The van der Waals surface area contributed by atoms with Gasteiger partial charge in [0.1, 0.15) is 0 Å². The molecule has 3 aromatic heterocycles. The van der Waals surface area contributed by atoms with Crippen LogP contribution in [0, 0.1) is 6.92 Å². The Morgan fingerprint density at radius 1 is 0.645 bits per heavy atom. The number of aryl methyl sites for hydroxylation is 2. The molecule has 0 atom stereocenters. The van der Waals surface area contributed by atoms with Crippen molar-refractivity contribution in [2.24, 2.45) is 7.05 Å². The van der Waals surface area contributed by atoms with Crippen molar-refractivity contribution in [3.05, 3.63) is 83.7 Å². The lowest BCUT2D eigenvalue weighted by atomic mass is 10.0.